The van der Waals surface area contributed by atoms with E-state index < -0.39 is 5.97 Å². The zero-order chi connectivity index (χ0) is 16.1. The number of carbonyl (C=O) groups excluding carboxylic acids is 1. The van der Waals surface area contributed by atoms with E-state index in [1.165, 1.54) is 5.56 Å². The molecule has 0 saturated carbocycles. The van der Waals surface area contributed by atoms with Gasteiger partial charge >= 0.3 is 5.97 Å². The lowest BCUT2D eigenvalue weighted by Gasteiger charge is -2.10. The van der Waals surface area contributed by atoms with E-state index in [-0.39, 0.29) is 6.61 Å². The highest BCUT2D eigenvalue weighted by Crippen LogP contribution is 2.22. The van der Waals surface area contributed by atoms with E-state index in [1.807, 2.05) is 19.1 Å². The van der Waals surface area contributed by atoms with Crippen molar-refractivity contribution < 1.29 is 14.3 Å². The fourth-order valence-electron chi connectivity index (χ4n) is 1.99. The van der Waals surface area contributed by atoms with Crippen molar-refractivity contribution in [3.63, 3.8) is 0 Å². The molecule has 0 aliphatic rings. The van der Waals surface area contributed by atoms with E-state index in [0.717, 1.165) is 5.56 Å². The minimum absolute atomic E-state index is 0.144. The Kier molecular flexibility index (Phi) is 5.45. The van der Waals surface area contributed by atoms with Crippen LogP contribution in [0.2, 0.25) is 5.02 Å². The second-order valence-corrected chi connectivity index (χ2v) is 5.83. The van der Waals surface area contributed by atoms with Crippen LogP contribution in [-0.4, -0.2) is 12.6 Å². The predicted octanol–water partition coefficient (Wildman–Crippen LogP) is 4.76. The number of hydrogen-bond donors (Lipinski definition) is 0. The maximum Gasteiger partial charge on any atom is 0.349 e. The van der Waals surface area contributed by atoms with Crippen LogP contribution in [0.25, 0.3) is 0 Å². The highest BCUT2D eigenvalue weighted by molar-refractivity contribution is 6.30. The van der Waals surface area contributed by atoms with Crippen LogP contribution in [0.15, 0.2) is 42.5 Å². The molecule has 0 amide bonds. The van der Waals surface area contributed by atoms with Gasteiger partial charge in [-0.15, -0.1) is 0 Å². The fraction of sp³-hybridized carbons (Fsp3) is 0.278. The molecule has 0 aromatic heterocycles. The van der Waals surface area contributed by atoms with E-state index in [9.17, 15) is 4.79 Å². The maximum absolute atomic E-state index is 11.8. The van der Waals surface area contributed by atoms with Gasteiger partial charge in [0, 0.05) is 5.02 Å². The van der Waals surface area contributed by atoms with Gasteiger partial charge in [-0.2, -0.15) is 0 Å². The molecule has 22 heavy (non-hydrogen) atoms. The number of rotatable bonds is 5. The molecule has 2 rings (SSSR count). The standard InChI is InChI=1S/C18H19ClO3/c1-12(2)14-4-7-16(8-5-14)22-18(20)11-21-17-9-6-15(19)10-13(17)3/h4-10,12H,11H2,1-3H3. The molecule has 0 radical (unpaired) electrons. The van der Waals surface area contributed by atoms with Gasteiger partial charge in [0.15, 0.2) is 6.61 Å². The molecular weight excluding hydrogens is 300 g/mol. The van der Waals surface area contributed by atoms with Gasteiger partial charge < -0.3 is 9.47 Å². The van der Waals surface area contributed by atoms with Gasteiger partial charge in [0.2, 0.25) is 0 Å². The minimum atomic E-state index is -0.438. The van der Waals surface area contributed by atoms with Crippen LogP contribution in [0, 0.1) is 6.92 Å². The smallest absolute Gasteiger partial charge is 0.349 e. The Morgan fingerprint density at radius 3 is 2.41 bits per heavy atom. The first-order valence-corrected chi connectivity index (χ1v) is 7.53. The van der Waals surface area contributed by atoms with E-state index in [0.29, 0.717) is 22.4 Å². The molecule has 0 saturated heterocycles. The molecule has 2 aromatic carbocycles. The Morgan fingerprint density at radius 1 is 1.14 bits per heavy atom. The summed E-state index contributed by atoms with van der Waals surface area (Å²) >= 11 is 5.87. The molecular formula is C18H19ClO3. The zero-order valence-corrected chi connectivity index (χ0v) is 13.7. The molecule has 0 atom stereocenters. The summed E-state index contributed by atoms with van der Waals surface area (Å²) in [5.41, 5.74) is 2.08. The summed E-state index contributed by atoms with van der Waals surface area (Å²) in [6.07, 6.45) is 0. The summed E-state index contributed by atoms with van der Waals surface area (Å²) in [4.78, 5) is 11.8. The molecule has 0 unspecified atom stereocenters. The largest absolute Gasteiger partial charge is 0.482 e. The van der Waals surface area contributed by atoms with Crippen LogP contribution in [0.5, 0.6) is 11.5 Å². The fourth-order valence-corrected chi connectivity index (χ4v) is 2.22. The molecule has 0 aliphatic carbocycles. The molecule has 0 spiro atoms. The van der Waals surface area contributed by atoms with E-state index >= 15 is 0 Å². The molecule has 0 aliphatic heterocycles. The number of aryl methyl sites for hydroxylation is 1. The average Bonchev–Trinajstić information content (AvgIpc) is 2.47. The number of carbonyl (C=O) groups is 1. The number of esters is 1. The monoisotopic (exact) mass is 318 g/mol. The van der Waals surface area contributed by atoms with Gasteiger partial charge in [-0.25, -0.2) is 4.79 Å². The normalized spacial score (nSPS) is 10.6. The lowest BCUT2D eigenvalue weighted by Crippen LogP contribution is -2.18. The number of benzene rings is 2. The molecule has 4 heteroatoms. The van der Waals surface area contributed by atoms with Crippen molar-refractivity contribution in [3.8, 4) is 11.5 Å². The van der Waals surface area contributed by atoms with Crippen molar-refractivity contribution in [1.29, 1.82) is 0 Å². The number of halogens is 1. The van der Waals surface area contributed by atoms with Crippen LogP contribution in [0.1, 0.15) is 30.9 Å². The second kappa shape index (κ2) is 7.32. The minimum Gasteiger partial charge on any atom is -0.482 e. The molecule has 0 bridgehead atoms. The van der Waals surface area contributed by atoms with Crippen molar-refractivity contribution >= 4 is 17.6 Å². The molecule has 116 valence electrons. The summed E-state index contributed by atoms with van der Waals surface area (Å²) in [5.74, 6) is 1.15. The summed E-state index contributed by atoms with van der Waals surface area (Å²) in [6.45, 7) is 5.96. The van der Waals surface area contributed by atoms with Crippen LogP contribution in [-0.2, 0) is 4.79 Å². The zero-order valence-electron chi connectivity index (χ0n) is 12.9. The van der Waals surface area contributed by atoms with E-state index in [4.69, 9.17) is 21.1 Å². The SMILES string of the molecule is Cc1cc(Cl)ccc1OCC(=O)Oc1ccc(C(C)C)cc1. The third kappa shape index (κ3) is 4.50. The summed E-state index contributed by atoms with van der Waals surface area (Å²) in [7, 11) is 0. The van der Waals surface area contributed by atoms with Crippen molar-refractivity contribution in [3.05, 3.63) is 58.6 Å². The van der Waals surface area contributed by atoms with Gasteiger partial charge in [-0.3, -0.25) is 0 Å². The summed E-state index contributed by atoms with van der Waals surface area (Å²) < 4.78 is 10.7. The first kappa shape index (κ1) is 16.4. The van der Waals surface area contributed by atoms with Crippen molar-refractivity contribution in [2.45, 2.75) is 26.7 Å². The van der Waals surface area contributed by atoms with E-state index in [2.05, 4.69) is 13.8 Å². The van der Waals surface area contributed by atoms with Crippen LogP contribution in [0.4, 0.5) is 0 Å². The van der Waals surface area contributed by atoms with Gasteiger partial charge in [0.25, 0.3) is 0 Å². The third-order valence-corrected chi connectivity index (χ3v) is 3.50. The lowest BCUT2D eigenvalue weighted by atomic mass is 10.0. The Labute approximate surface area is 135 Å². The predicted molar refractivity (Wildman–Crippen MR) is 87.9 cm³/mol. The van der Waals surface area contributed by atoms with Gasteiger partial charge in [-0.1, -0.05) is 37.6 Å². The van der Waals surface area contributed by atoms with Gasteiger partial charge in [0.05, 0.1) is 0 Å². The Balaban J connectivity index is 1.90. The first-order chi connectivity index (χ1) is 10.5. The van der Waals surface area contributed by atoms with Crippen LogP contribution in [0.3, 0.4) is 0 Å². The van der Waals surface area contributed by atoms with Gasteiger partial charge in [-0.05, 0) is 54.3 Å². The Morgan fingerprint density at radius 2 is 1.82 bits per heavy atom. The molecule has 0 N–H and O–H groups in total. The maximum atomic E-state index is 11.8. The second-order valence-electron chi connectivity index (χ2n) is 5.40. The lowest BCUT2D eigenvalue weighted by molar-refractivity contribution is -0.136. The summed E-state index contributed by atoms with van der Waals surface area (Å²) in [5, 5.41) is 0.637. The highest BCUT2D eigenvalue weighted by atomic mass is 35.5. The molecule has 2 aromatic rings. The highest BCUT2D eigenvalue weighted by Gasteiger charge is 2.08. The summed E-state index contributed by atoms with van der Waals surface area (Å²) in [6, 6.07) is 12.7. The molecule has 0 heterocycles. The van der Waals surface area contributed by atoms with Crippen LogP contribution >= 0.6 is 11.6 Å². The van der Waals surface area contributed by atoms with E-state index in [1.54, 1.807) is 30.3 Å². The average molecular weight is 319 g/mol. The third-order valence-electron chi connectivity index (χ3n) is 3.26. The quantitative estimate of drug-likeness (QED) is 0.589. The molecule has 0 fully saturated rings. The van der Waals surface area contributed by atoms with Crippen LogP contribution < -0.4 is 9.47 Å². The van der Waals surface area contributed by atoms with Crippen molar-refractivity contribution in [2.75, 3.05) is 6.61 Å². The first-order valence-electron chi connectivity index (χ1n) is 7.15. The van der Waals surface area contributed by atoms with Gasteiger partial charge in [0.1, 0.15) is 11.5 Å². The topological polar surface area (TPSA) is 35.5 Å². The number of ether oxygens (including phenoxy) is 2. The molecule has 3 nitrogen and oxygen atoms in total. The number of hydrogen-bond acceptors (Lipinski definition) is 3. The Hall–Kier alpha value is -2.00. The Bertz CT molecular complexity index is 648. The van der Waals surface area contributed by atoms with Crippen molar-refractivity contribution in [2.24, 2.45) is 0 Å². The van der Waals surface area contributed by atoms with Crippen molar-refractivity contribution in [1.82, 2.24) is 0 Å².